The van der Waals surface area contributed by atoms with Crippen LogP contribution in [0, 0.1) is 5.82 Å². The second kappa shape index (κ2) is 9.63. The van der Waals surface area contributed by atoms with E-state index in [-0.39, 0.29) is 25.0 Å². The minimum Gasteiger partial charge on any atom is -0.463 e. The molecule has 0 bridgehead atoms. The first-order valence-corrected chi connectivity index (χ1v) is 12.3. The Hall–Kier alpha value is -1.37. The van der Waals surface area contributed by atoms with E-state index < -0.39 is 63.8 Å². The fraction of sp³-hybridized carbons (Fsp3) is 0.550. The molecule has 1 heterocycles. The van der Waals surface area contributed by atoms with E-state index in [4.69, 9.17) is 14.2 Å². The number of hydrogen-bond donors (Lipinski definition) is 2. The molecule has 8 nitrogen and oxygen atoms in total. The second-order valence-corrected chi connectivity index (χ2v) is 10.4. The van der Waals surface area contributed by atoms with Gasteiger partial charge in [0.25, 0.3) is 0 Å². The van der Waals surface area contributed by atoms with Crippen molar-refractivity contribution in [2.24, 2.45) is 0 Å². The van der Waals surface area contributed by atoms with Gasteiger partial charge >= 0.3 is 5.97 Å². The SMILES string of the molecule is CCOC(=O)C1=CC2(CCC1S(=O)(=O)Cc1ccc(F)cc1Br)O[C@@H](CO)[C@H](CO)O2. The Morgan fingerprint density at radius 3 is 2.48 bits per heavy atom. The zero-order valence-electron chi connectivity index (χ0n) is 16.8. The Kier molecular flexibility index (Phi) is 7.54. The Morgan fingerprint density at radius 1 is 1.29 bits per heavy atom. The molecule has 3 rings (SSSR count). The van der Waals surface area contributed by atoms with Gasteiger partial charge in [-0.25, -0.2) is 17.6 Å². The van der Waals surface area contributed by atoms with E-state index in [0.29, 0.717) is 10.0 Å². The maximum atomic E-state index is 13.4. The fourth-order valence-corrected chi connectivity index (χ4v) is 6.40. The first-order valence-electron chi connectivity index (χ1n) is 9.77. The van der Waals surface area contributed by atoms with E-state index >= 15 is 0 Å². The summed E-state index contributed by atoms with van der Waals surface area (Å²) in [6.07, 6.45) is -0.241. The third-order valence-corrected chi connectivity index (χ3v) is 8.08. The van der Waals surface area contributed by atoms with Crippen LogP contribution in [-0.2, 0) is 34.6 Å². The van der Waals surface area contributed by atoms with Gasteiger partial charge in [0.1, 0.15) is 18.0 Å². The van der Waals surface area contributed by atoms with Crippen LogP contribution in [0.1, 0.15) is 25.3 Å². The van der Waals surface area contributed by atoms with E-state index in [2.05, 4.69) is 15.9 Å². The van der Waals surface area contributed by atoms with Crippen LogP contribution >= 0.6 is 15.9 Å². The lowest BCUT2D eigenvalue weighted by Crippen LogP contribution is -2.41. The lowest BCUT2D eigenvalue weighted by molar-refractivity contribution is -0.154. The molecule has 1 unspecified atom stereocenters. The van der Waals surface area contributed by atoms with Crippen LogP contribution in [0.2, 0.25) is 0 Å². The van der Waals surface area contributed by atoms with Gasteiger partial charge in [-0.2, -0.15) is 0 Å². The zero-order chi connectivity index (χ0) is 22.8. The predicted molar refractivity (Wildman–Crippen MR) is 111 cm³/mol. The summed E-state index contributed by atoms with van der Waals surface area (Å²) in [5, 5.41) is 17.8. The number of aliphatic hydroxyl groups is 2. The van der Waals surface area contributed by atoms with Crippen molar-refractivity contribution in [1.82, 2.24) is 0 Å². The molecule has 1 saturated heterocycles. The number of sulfone groups is 1. The van der Waals surface area contributed by atoms with E-state index in [1.54, 1.807) is 6.92 Å². The highest BCUT2D eigenvalue weighted by molar-refractivity contribution is 9.10. The molecule has 3 atom stereocenters. The first-order chi connectivity index (χ1) is 14.6. The summed E-state index contributed by atoms with van der Waals surface area (Å²) < 4.78 is 56.7. The predicted octanol–water partition coefficient (Wildman–Crippen LogP) is 1.62. The highest BCUT2D eigenvalue weighted by Crippen LogP contribution is 2.41. The number of esters is 1. The molecule has 1 aromatic rings. The van der Waals surface area contributed by atoms with Crippen molar-refractivity contribution in [2.45, 2.75) is 48.8 Å². The molecule has 0 aromatic heterocycles. The van der Waals surface area contributed by atoms with Crippen LogP contribution < -0.4 is 0 Å². The van der Waals surface area contributed by atoms with Crippen molar-refractivity contribution in [3.05, 3.63) is 45.7 Å². The summed E-state index contributed by atoms with van der Waals surface area (Å²) in [7, 11) is -3.90. The van der Waals surface area contributed by atoms with Crippen molar-refractivity contribution in [1.29, 1.82) is 0 Å². The summed E-state index contributed by atoms with van der Waals surface area (Å²) in [6, 6.07) is 3.71. The van der Waals surface area contributed by atoms with Crippen molar-refractivity contribution < 1.29 is 42.0 Å². The average molecular weight is 523 g/mol. The Balaban J connectivity index is 1.95. The third kappa shape index (κ3) is 5.18. The first kappa shape index (κ1) is 24.3. The van der Waals surface area contributed by atoms with Crippen LogP contribution in [0.3, 0.4) is 0 Å². The maximum Gasteiger partial charge on any atom is 0.335 e. The third-order valence-electron chi connectivity index (χ3n) is 5.27. The molecule has 0 amide bonds. The zero-order valence-corrected chi connectivity index (χ0v) is 19.2. The Labute approximate surface area is 188 Å². The monoisotopic (exact) mass is 522 g/mol. The number of rotatable bonds is 7. The maximum absolute atomic E-state index is 13.4. The Morgan fingerprint density at radius 2 is 1.94 bits per heavy atom. The number of ether oxygens (including phenoxy) is 3. The van der Waals surface area contributed by atoms with Gasteiger partial charge in [-0.3, -0.25) is 0 Å². The molecule has 2 aliphatic rings. The molecule has 0 saturated carbocycles. The minimum atomic E-state index is -3.90. The highest BCUT2D eigenvalue weighted by Gasteiger charge is 2.51. The summed E-state index contributed by atoms with van der Waals surface area (Å²) in [5.74, 6) is -3.17. The van der Waals surface area contributed by atoms with Gasteiger partial charge in [0.2, 0.25) is 0 Å². The molecule has 1 aliphatic heterocycles. The number of carbonyl (C=O) groups excluding carboxylic acids is 1. The van der Waals surface area contributed by atoms with E-state index in [1.807, 2.05) is 0 Å². The average Bonchev–Trinajstić information content (AvgIpc) is 3.07. The largest absolute Gasteiger partial charge is 0.463 e. The van der Waals surface area contributed by atoms with Gasteiger partial charge in [-0.1, -0.05) is 22.0 Å². The van der Waals surface area contributed by atoms with Gasteiger partial charge in [0, 0.05) is 10.9 Å². The van der Waals surface area contributed by atoms with Crippen molar-refractivity contribution in [2.75, 3.05) is 19.8 Å². The quantitative estimate of drug-likeness (QED) is 0.518. The Bertz CT molecular complexity index is 952. The van der Waals surface area contributed by atoms with Crippen molar-refractivity contribution in [3.8, 4) is 0 Å². The van der Waals surface area contributed by atoms with Crippen LogP contribution in [0.4, 0.5) is 4.39 Å². The van der Waals surface area contributed by atoms with Crippen LogP contribution in [0.15, 0.2) is 34.3 Å². The summed E-state index contributed by atoms with van der Waals surface area (Å²) >= 11 is 3.17. The molecule has 11 heteroatoms. The van der Waals surface area contributed by atoms with Gasteiger partial charge in [0.05, 0.1) is 36.4 Å². The summed E-state index contributed by atoms with van der Waals surface area (Å²) in [4.78, 5) is 12.6. The number of carbonyl (C=O) groups is 1. The second-order valence-electron chi connectivity index (χ2n) is 7.38. The van der Waals surface area contributed by atoms with Gasteiger partial charge < -0.3 is 24.4 Å². The molecule has 1 aliphatic carbocycles. The molecular formula is C20H24BrFO8S. The van der Waals surface area contributed by atoms with Gasteiger partial charge in [-0.05, 0) is 37.1 Å². The minimum absolute atomic E-state index is 0.00208. The summed E-state index contributed by atoms with van der Waals surface area (Å²) in [6.45, 7) is 0.827. The number of hydrogen-bond acceptors (Lipinski definition) is 8. The number of halogens is 2. The van der Waals surface area contributed by atoms with E-state index in [9.17, 15) is 27.8 Å². The molecule has 1 aromatic carbocycles. The van der Waals surface area contributed by atoms with E-state index in [0.717, 1.165) is 6.07 Å². The van der Waals surface area contributed by atoms with Crippen LogP contribution in [-0.4, -0.2) is 67.7 Å². The van der Waals surface area contributed by atoms with Gasteiger partial charge in [0.15, 0.2) is 15.6 Å². The smallest absolute Gasteiger partial charge is 0.335 e. The highest BCUT2D eigenvalue weighted by atomic mass is 79.9. The lowest BCUT2D eigenvalue weighted by Gasteiger charge is -2.33. The van der Waals surface area contributed by atoms with Crippen molar-refractivity contribution in [3.63, 3.8) is 0 Å². The van der Waals surface area contributed by atoms with Crippen molar-refractivity contribution >= 4 is 31.7 Å². The standard InChI is InChI=1S/C20H24BrFO8S/c1-2-28-19(25)14-8-20(29-16(9-23)17(10-24)30-20)6-5-18(14)31(26,27)11-12-3-4-13(22)7-15(12)21/h3-4,7-8,16-18,23-24H,2,5-6,9-11H2,1H3/t16-,17-,18?/m0/s1. The van der Waals surface area contributed by atoms with Crippen LogP contribution in [0.5, 0.6) is 0 Å². The summed E-state index contributed by atoms with van der Waals surface area (Å²) in [5.41, 5.74) is 0.237. The number of benzene rings is 1. The number of aliphatic hydroxyl groups excluding tert-OH is 2. The molecule has 0 radical (unpaired) electrons. The fourth-order valence-electron chi connectivity index (χ4n) is 3.81. The van der Waals surface area contributed by atoms with Gasteiger partial charge in [-0.15, -0.1) is 0 Å². The molecule has 1 spiro atoms. The molecular weight excluding hydrogens is 499 g/mol. The molecule has 1 fully saturated rings. The van der Waals surface area contributed by atoms with E-state index in [1.165, 1.54) is 18.2 Å². The topological polar surface area (TPSA) is 119 Å². The molecule has 31 heavy (non-hydrogen) atoms. The lowest BCUT2D eigenvalue weighted by atomic mass is 9.94. The molecule has 2 N–H and O–H groups in total. The normalized spacial score (nSPS) is 25.5. The van der Waals surface area contributed by atoms with Crippen LogP contribution in [0.25, 0.3) is 0 Å². The molecule has 172 valence electrons.